The van der Waals surface area contributed by atoms with E-state index in [1.54, 1.807) is 0 Å². The first-order chi connectivity index (χ1) is 5.66. The van der Waals surface area contributed by atoms with Gasteiger partial charge in [-0.05, 0) is 0 Å². The van der Waals surface area contributed by atoms with Gasteiger partial charge in [-0.2, -0.15) is 0 Å². The van der Waals surface area contributed by atoms with E-state index in [1.165, 1.54) is 0 Å². The lowest BCUT2D eigenvalue weighted by molar-refractivity contribution is 0.0946. The molecule has 4 nitrogen and oxygen atoms in total. The summed E-state index contributed by atoms with van der Waals surface area (Å²) in [5, 5.41) is 23.7. The van der Waals surface area contributed by atoms with Crippen LogP contribution in [0.3, 0.4) is 0 Å². The average molecular weight is 176 g/mol. The molecule has 0 aromatic carbocycles. The zero-order valence-electron chi connectivity index (χ0n) is 7.88. The zero-order valence-corrected chi connectivity index (χ0v) is 7.88. The van der Waals surface area contributed by atoms with Gasteiger partial charge in [0.25, 0.3) is 0 Å². The molecular weight excluding hydrogens is 156 g/mol. The smallest absolute Gasteiger partial charge is 0.0894 e. The molecule has 0 saturated carbocycles. The summed E-state index contributed by atoms with van der Waals surface area (Å²) in [5.41, 5.74) is 0. The van der Waals surface area contributed by atoms with Gasteiger partial charge in [-0.1, -0.05) is 13.8 Å². The summed E-state index contributed by atoms with van der Waals surface area (Å²) >= 11 is 0. The zero-order chi connectivity index (χ0) is 9.40. The summed E-state index contributed by atoms with van der Waals surface area (Å²) in [6.07, 6.45) is -0.635. The molecule has 0 radical (unpaired) electrons. The van der Waals surface area contributed by atoms with E-state index in [2.05, 4.69) is 24.5 Å². The largest absolute Gasteiger partial charge is 0.394 e. The van der Waals surface area contributed by atoms with E-state index in [9.17, 15) is 0 Å². The fourth-order valence-electron chi connectivity index (χ4n) is 0.782. The van der Waals surface area contributed by atoms with Crippen LogP contribution in [0.15, 0.2) is 0 Å². The third-order valence-corrected chi connectivity index (χ3v) is 1.45. The first-order valence-electron chi connectivity index (χ1n) is 4.39. The van der Waals surface area contributed by atoms with Crippen molar-refractivity contribution in [2.24, 2.45) is 0 Å². The fraction of sp³-hybridized carbons (Fsp3) is 1.00. The molecule has 0 aliphatic carbocycles. The SMILES string of the molecule is CC(C)NCCNC[C@H](O)CO. The Bertz CT molecular complexity index is 99.1. The minimum Gasteiger partial charge on any atom is -0.394 e. The molecule has 0 fully saturated rings. The van der Waals surface area contributed by atoms with Gasteiger partial charge >= 0.3 is 0 Å². The van der Waals surface area contributed by atoms with E-state index < -0.39 is 6.10 Å². The maximum absolute atomic E-state index is 8.93. The van der Waals surface area contributed by atoms with Crippen molar-refractivity contribution in [1.82, 2.24) is 10.6 Å². The van der Waals surface area contributed by atoms with Gasteiger partial charge in [0, 0.05) is 25.7 Å². The first kappa shape index (κ1) is 11.8. The summed E-state index contributed by atoms with van der Waals surface area (Å²) in [4.78, 5) is 0. The van der Waals surface area contributed by atoms with Crippen LogP contribution >= 0.6 is 0 Å². The molecule has 1 atom stereocenters. The van der Waals surface area contributed by atoms with Crippen LogP contribution in [0, 0.1) is 0 Å². The number of aliphatic hydroxyl groups excluding tert-OH is 2. The molecule has 4 N–H and O–H groups in total. The van der Waals surface area contributed by atoms with Gasteiger partial charge in [0.1, 0.15) is 0 Å². The summed E-state index contributed by atoms with van der Waals surface area (Å²) in [6.45, 7) is 6.15. The van der Waals surface area contributed by atoms with Gasteiger partial charge in [0.15, 0.2) is 0 Å². The van der Waals surface area contributed by atoms with E-state index >= 15 is 0 Å². The van der Waals surface area contributed by atoms with Crippen molar-refractivity contribution in [2.45, 2.75) is 26.0 Å². The van der Waals surface area contributed by atoms with Crippen molar-refractivity contribution in [3.63, 3.8) is 0 Å². The Morgan fingerprint density at radius 3 is 2.42 bits per heavy atom. The van der Waals surface area contributed by atoms with Crippen LogP contribution in [0.2, 0.25) is 0 Å². The van der Waals surface area contributed by atoms with Crippen molar-refractivity contribution in [2.75, 3.05) is 26.2 Å². The second-order valence-corrected chi connectivity index (χ2v) is 3.15. The highest BCUT2D eigenvalue weighted by Gasteiger charge is 1.99. The summed E-state index contributed by atoms with van der Waals surface area (Å²) < 4.78 is 0. The number of rotatable bonds is 7. The third kappa shape index (κ3) is 7.94. The number of nitrogens with one attached hydrogen (secondary N) is 2. The fourth-order valence-corrected chi connectivity index (χ4v) is 0.782. The average Bonchev–Trinajstić information content (AvgIpc) is 2.03. The van der Waals surface area contributed by atoms with Gasteiger partial charge in [-0.3, -0.25) is 0 Å². The van der Waals surface area contributed by atoms with Crippen molar-refractivity contribution < 1.29 is 10.2 Å². The second kappa shape index (κ2) is 7.49. The van der Waals surface area contributed by atoms with Crippen LogP contribution in [-0.2, 0) is 0 Å². The molecule has 0 spiro atoms. The quantitative estimate of drug-likeness (QED) is 0.373. The molecule has 0 aromatic heterocycles. The molecule has 0 bridgehead atoms. The van der Waals surface area contributed by atoms with Crippen molar-refractivity contribution >= 4 is 0 Å². The van der Waals surface area contributed by atoms with Crippen LogP contribution < -0.4 is 10.6 Å². The van der Waals surface area contributed by atoms with Crippen LogP contribution in [0.1, 0.15) is 13.8 Å². The Hall–Kier alpha value is -0.160. The number of hydrogen-bond donors (Lipinski definition) is 4. The van der Waals surface area contributed by atoms with E-state index in [1.807, 2.05) is 0 Å². The molecule has 0 heterocycles. The van der Waals surface area contributed by atoms with Crippen LogP contribution in [0.25, 0.3) is 0 Å². The summed E-state index contributed by atoms with van der Waals surface area (Å²) in [5.74, 6) is 0. The topological polar surface area (TPSA) is 64.5 Å². The van der Waals surface area contributed by atoms with Gasteiger partial charge < -0.3 is 20.8 Å². The predicted octanol–water partition coefficient (Wildman–Crippen LogP) is -1.07. The highest BCUT2D eigenvalue weighted by molar-refractivity contribution is 4.59. The predicted molar refractivity (Wildman–Crippen MR) is 49.1 cm³/mol. The Morgan fingerprint density at radius 2 is 1.92 bits per heavy atom. The lowest BCUT2D eigenvalue weighted by Gasteiger charge is -2.10. The Balaban J connectivity index is 3.00. The minimum absolute atomic E-state index is 0.176. The molecule has 0 unspecified atom stereocenters. The number of aliphatic hydroxyl groups is 2. The van der Waals surface area contributed by atoms with Gasteiger partial charge in [0.2, 0.25) is 0 Å². The normalized spacial score (nSPS) is 13.8. The minimum atomic E-state index is -0.635. The highest BCUT2D eigenvalue weighted by atomic mass is 16.3. The van der Waals surface area contributed by atoms with Crippen molar-refractivity contribution in [1.29, 1.82) is 0 Å². The summed E-state index contributed by atoms with van der Waals surface area (Å²) in [7, 11) is 0. The standard InChI is InChI=1S/C8H20N2O2/c1-7(2)10-4-3-9-5-8(12)6-11/h7-12H,3-6H2,1-2H3/t8-/m0/s1. The maximum Gasteiger partial charge on any atom is 0.0894 e. The van der Waals surface area contributed by atoms with Crippen molar-refractivity contribution in [3.8, 4) is 0 Å². The molecule has 0 aromatic rings. The van der Waals surface area contributed by atoms with Gasteiger partial charge in [0.05, 0.1) is 12.7 Å². The molecule has 0 rings (SSSR count). The van der Waals surface area contributed by atoms with E-state index in [4.69, 9.17) is 10.2 Å². The molecule has 12 heavy (non-hydrogen) atoms. The Morgan fingerprint density at radius 1 is 1.25 bits per heavy atom. The molecule has 74 valence electrons. The van der Waals surface area contributed by atoms with Gasteiger partial charge in [-0.15, -0.1) is 0 Å². The van der Waals surface area contributed by atoms with Crippen molar-refractivity contribution in [3.05, 3.63) is 0 Å². The lowest BCUT2D eigenvalue weighted by atomic mass is 10.3. The van der Waals surface area contributed by atoms with E-state index in [0.717, 1.165) is 13.1 Å². The van der Waals surface area contributed by atoms with Gasteiger partial charge in [-0.25, -0.2) is 0 Å². The molecule has 0 saturated heterocycles. The van der Waals surface area contributed by atoms with Crippen LogP contribution in [0.4, 0.5) is 0 Å². The van der Waals surface area contributed by atoms with E-state index in [-0.39, 0.29) is 6.61 Å². The number of hydrogen-bond acceptors (Lipinski definition) is 4. The molecule has 0 amide bonds. The molecule has 4 heteroatoms. The third-order valence-electron chi connectivity index (χ3n) is 1.45. The Kier molecular flexibility index (Phi) is 7.39. The monoisotopic (exact) mass is 176 g/mol. The lowest BCUT2D eigenvalue weighted by Crippen LogP contribution is -2.36. The Labute approximate surface area is 74.0 Å². The maximum atomic E-state index is 8.93. The highest BCUT2D eigenvalue weighted by Crippen LogP contribution is 1.76. The molecule has 0 aliphatic rings. The molecular formula is C8H20N2O2. The van der Waals surface area contributed by atoms with Crippen LogP contribution in [-0.4, -0.2) is 48.6 Å². The summed E-state index contributed by atoms with van der Waals surface area (Å²) in [6, 6.07) is 0.495. The van der Waals surface area contributed by atoms with E-state index in [0.29, 0.717) is 12.6 Å². The molecule has 0 aliphatic heterocycles. The first-order valence-corrected chi connectivity index (χ1v) is 4.39. The van der Waals surface area contributed by atoms with Crippen LogP contribution in [0.5, 0.6) is 0 Å². The second-order valence-electron chi connectivity index (χ2n) is 3.15.